The van der Waals surface area contributed by atoms with Crippen LogP contribution in [-0.4, -0.2) is 17.5 Å². The first-order chi connectivity index (χ1) is 12.5. The Morgan fingerprint density at radius 2 is 1.70 bits per heavy atom. The molecule has 0 unspecified atom stereocenters. The summed E-state index contributed by atoms with van der Waals surface area (Å²) in [6.45, 7) is 5.48. The highest BCUT2D eigenvalue weighted by Gasteiger charge is 2.30. The van der Waals surface area contributed by atoms with Crippen LogP contribution in [0.5, 0.6) is 11.5 Å². The first-order valence-corrected chi connectivity index (χ1v) is 8.72. The molecule has 0 bridgehead atoms. The van der Waals surface area contributed by atoms with Gasteiger partial charge in [0.15, 0.2) is 11.5 Å². The quantitative estimate of drug-likeness (QED) is 0.557. The maximum Gasteiger partial charge on any atom is 0.416 e. The van der Waals surface area contributed by atoms with Crippen LogP contribution in [0.15, 0.2) is 30.3 Å². The van der Waals surface area contributed by atoms with Crippen LogP contribution in [0, 0.1) is 6.92 Å². The van der Waals surface area contributed by atoms with E-state index in [0.29, 0.717) is 23.5 Å². The number of hydrogen-bond acceptors (Lipinski definition) is 3. The van der Waals surface area contributed by atoms with Crippen LogP contribution in [-0.2, 0) is 6.18 Å². The van der Waals surface area contributed by atoms with Crippen molar-refractivity contribution in [1.82, 2.24) is 0 Å². The second-order valence-corrected chi connectivity index (χ2v) is 6.49. The molecule has 0 radical (unpaired) electrons. The van der Waals surface area contributed by atoms with E-state index < -0.39 is 11.7 Å². The highest BCUT2D eigenvalue weighted by atomic mass is 35.5. The maximum absolute atomic E-state index is 12.3. The van der Waals surface area contributed by atoms with Crippen molar-refractivity contribution < 1.29 is 27.8 Å². The van der Waals surface area contributed by atoms with Crippen molar-refractivity contribution in [2.75, 3.05) is 6.61 Å². The molecule has 8 heteroatoms. The van der Waals surface area contributed by atoms with E-state index in [0.717, 1.165) is 18.6 Å². The number of hydrogen-bond donors (Lipinski definition) is 1. The van der Waals surface area contributed by atoms with Crippen LogP contribution in [0.25, 0.3) is 0 Å². The molecule has 0 aliphatic rings. The third kappa shape index (κ3) is 6.96. The van der Waals surface area contributed by atoms with Gasteiger partial charge < -0.3 is 9.84 Å². The Balaban J connectivity index is 0.000000277. The molecule has 0 spiro atoms. The molecular weight excluding hydrogens is 404 g/mol. The average Bonchev–Trinajstić information content (AvgIpc) is 2.57. The van der Waals surface area contributed by atoms with Crippen molar-refractivity contribution in [1.29, 1.82) is 0 Å². The van der Waals surface area contributed by atoms with Gasteiger partial charge in [-0.2, -0.15) is 13.2 Å². The van der Waals surface area contributed by atoms with Crippen LogP contribution >= 0.6 is 23.2 Å². The van der Waals surface area contributed by atoms with Crippen molar-refractivity contribution >= 4 is 29.0 Å². The smallest absolute Gasteiger partial charge is 0.416 e. The van der Waals surface area contributed by atoms with E-state index in [1.807, 2.05) is 6.92 Å². The number of benzene rings is 2. The Hall–Kier alpha value is -1.92. The third-order valence-corrected chi connectivity index (χ3v) is 3.96. The van der Waals surface area contributed by atoms with Crippen molar-refractivity contribution in [3.8, 4) is 11.5 Å². The number of carbonyl (C=O) groups excluding carboxylic acids is 1. The minimum absolute atomic E-state index is 0.0905. The number of alkyl halides is 3. The largest absolute Gasteiger partial charge is 0.505 e. The molecule has 0 aliphatic heterocycles. The van der Waals surface area contributed by atoms with Gasteiger partial charge in [0, 0.05) is 5.56 Å². The summed E-state index contributed by atoms with van der Waals surface area (Å²) in [4.78, 5) is 10.9. The second kappa shape index (κ2) is 9.85. The zero-order chi connectivity index (χ0) is 20.8. The van der Waals surface area contributed by atoms with E-state index in [9.17, 15) is 18.0 Å². The van der Waals surface area contributed by atoms with E-state index in [1.165, 1.54) is 25.1 Å². The minimum Gasteiger partial charge on any atom is -0.505 e. The van der Waals surface area contributed by atoms with Crippen molar-refractivity contribution in [2.24, 2.45) is 0 Å². The van der Waals surface area contributed by atoms with Crippen LogP contribution in [0.4, 0.5) is 13.2 Å². The van der Waals surface area contributed by atoms with Gasteiger partial charge in [0.2, 0.25) is 0 Å². The molecule has 27 heavy (non-hydrogen) atoms. The molecule has 3 nitrogen and oxygen atoms in total. The van der Waals surface area contributed by atoms with Gasteiger partial charge in [0.25, 0.3) is 0 Å². The Labute approximate surface area is 165 Å². The number of carbonyl (C=O) groups is 1. The van der Waals surface area contributed by atoms with E-state index in [-0.39, 0.29) is 21.6 Å². The average molecular weight is 423 g/mol. The molecular formula is C19H19Cl2F3O3. The minimum atomic E-state index is -4.28. The normalized spacial score (nSPS) is 10.8. The molecule has 0 saturated carbocycles. The number of Topliss-reactive ketones (excluding diaryl/α,β-unsaturated/α-hetero) is 1. The summed E-state index contributed by atoms with van der Waals surface area (Å²) in [5.41, 5.74) is 0.268. The monoisotopic (exact) mass is 422 g/mol. The maximum atomic E-state index is 12.3. The first-order valence-electron chi connectivity index (χ1n) is 7.97. The topological polar surface area (TPSA) is 46.5 Å². The van der Waals surface area contributed by atoms with Crippen molar-refractivity contribution in [2.45, 2.75) is 33.4 Å². The molecule has 0 saturated heterocycles. The van der Waals surface area contributed by atoms with Crippen LogP contribution < -0.4 is 4.74 Å². The molecule has 0 fully saturated rings. The summed E-state index contributed by atoms with van der Waals surface area (Å²) in [6.07, 6.45) is -3.45. The van der Waals surface area contributed by atoms with E-state index in [1.54, 1.807) is 6.92 Å². The van der Waals surface area contributed by atoms with Gasteiger partial charge in [-0.3, -0.25) is 4.79 Å². The number of rotatable bonds is 4. The van der Waals surface area contributed by atoms with Crippen molar-refractivity contribution in [3.63, 3.8) is 0 Å². The number of aryl methyl sites for hydroxylation is 1. The van der Waals surface area contributed by atoms with Gasteiger partial charge in [-0.1, -0.05) is 30.1 Å². The molecule has 0 heterocycles. The summed E-state index contributed by atoms with van der Waals surface area (Å²) in [5.74, 6) is 0.187. The van der Waals surface area contributed by atoms with E-state index >= 15 is 0 Å². The number of ketones is 1. The number of phenolic OH excluding ortho intramolecular Hbond substituents is 1. The fourth-order valence-electron chi connectivity index (χ4n) is 1.97. The molecule has 0 amide bonds. The molecule has 1 N–H and O–H groups in total. The molecule has 0 aliphatic carbocycles. The predicted molar refractivity (Wildman–Crippen MR) is 100 cm³/mol. The molecule has 2 aromatic rings. The lowest BCUT2D eigenvalue weighted by molar-refractivity contribution is -0.137. The predicted octanol–water partition coefficient (Wildman–Crippen LogP) is 6.70. The highest BCUT2D eigenvalue weighted by molar-refractivity contribution is 6.37. The zero-order valence-corrected chi connectivity index (χ0v) is 16.5. The second-order valence-electron chi connectivity index (χ2n) is 5.67. The lowest BCUT2D eigenvalue weighted by Crippen LogP contribution is -2.06. The molecule has 0 atom stereocenters. The van der Waals surface area contributed by atoms with Gasteiger partial charge in [-0.25, -0.2) is 0 Å². The summed E-state index contributed by atoms with van der Waals surface area (Å²) in [7, 11) is 0. The Morgan fingerprint density at radius 1 is 1.15 bits per heavy atom. The van der Waals surface area contributed by atoms with E-state index in [4.69, 9.17) is 33.0 Å². The summed E-state index contributed by atoms with van der Waals surface area (Å²) >= 11 is 11.2. The lowest BCUT2D eigenvalue weighted by atomic mass is 10.1. The highest BCUT2D eigenvalue weighted by Crippen LogP contribution is 2.33. The van der Waals surface area contributed by atoms with Crippen LogP contribution in [0.2, 0.25) is 10.0 Å². The van der Waals surface area contributed by atoms with Gasteiger partial charge in [-0.15, -0.1) is 0 Å². The third-order valence-electron chi connectivity index (χ3n) is 3.39. The molecule has 0 aromatic heterocycles. The molecule has 2 rings (SSSR count). The number of halogens is 5. The number of phenols is 1. The number of ether oxygens (including phenoxy) is 1. The lowest BCUT2D eigenvalue weighted by Gasteiger charge is -2.11. The molecule has 2 aromatic carbocycles. The number of aromatic hydroxyl groups is 1. The summed E-state index contributed by atoms with van der Waals surface area (Å²) < 4.78 is 42.2. The SMILES string of the molecule is CC(=O)c1cc(Cl)c(O)c(Cl)c1.CCCOc1ccc(C(F)(F)F)cc1C. The van der Waals surface area contributed by atoms with Crippen LogP contribution in [0.3, 0.4) is 0 Å². The van der Waals surface area contributed by atoms with Gasteiger partial charge >= 0.3 is 6.18 Å². The van der Waals surface area contributed by atoms with Gasteiger partial charge in [-0.05, 0) is 56.2 Å². The Bertz CT molecular complexity index is 782. The van der Waals surface area contributed by atoms with Gasteiger partial charge in [0.05, 0.1) is 22.2 Å². The van der Waals surface area contributed by atoms with Crippen LogP contribution in [0.1, 0.15) is 41.8 Å². The Kier molecular flexibility index (Phi) is 8.44. The fraction of sp³-hybridized carbons (Fsp3) is 0.316. The van der Waals surface area contributed by atoms with Crippen molar-refractivity contribution in [3.05, 3.63) is 57.1 Å². The van der Waals surface area contributed by atoms with E-state index in [2.05, 4.69) is 0 Å². The van der Waals surface area contributed by atoms with Gasteiger partial charge in [0.1, 0.15) is 5.75 Å². The fourth-order valence-corrected chi connectivity index (χ4v) is 2.46. The summed E-state index contributed by atoms with van der Waals surface area (Å²) in [5, 5.41) is 9.32. The molecule has 148 valence electrons. The standard InChI is InChI=1S/C11H13F3O.C8H6Cl2O2/c1-3-6-15-10-5-4-9(7-8(10)2)11(12,13)14;1-4(11)5-2-6(9)8(12)7(10)3-5/h4-5,7H,3,6H2,1-2H3;2-3,12H,1H3. The zero-order valence-electron chi connectivity index (χ0n) is 15.0. The summed E-state index contributed by atoms with van der Waals surface area (Å²) in [6, 6.07) is 6.27. The Morgan fingerprint density at radius 3 is 2.11 bits per heavy atom. The first kappa shape index (κ1) is 23.1.